The van der Waals surface area contributed by atoms with Gasteiger partial charge in [0.2, 0.25) is 0 Å². The number of rotatable bonds is 6. The van der Waals surface area contributed by atoms with Gasteiger partial charge in [0, 0.05) is 25.5 Å². The van der Waals surface area contributed by atoms with Crippen LogP contribution in [0.4, 0.5) is 11.5 Å². The molecule has 0 radical (unpaired) electrons. The van der Waals surface area contributed by atoms with Crippen molar-refractivity contribution in [2.24, 2.45) is 0 Å². The molecule has 0 aliphatic heterocycles. The molecule has 0 aliphatic rings. The molecule has 0 fully saturated rings. The molecular formula is C17H22ClN3. The van der Waals surface area contributed by atoms with E-state index in [1.165, 1.54) is 5.56 Å². The van der Waals surface area contributed by atoms with Crippen molar-refractivity contribution in [3.63, 3.8) is 0 Å². The second-order valence-corrected chi connectivity index (χ2v) is 5.62. The summed E-state index contributed by atoms with van der Waals surface area (Å²) < 4.78 is 0. The fraction of sp³-hybridized carbons (Fsp3) is 0.353. The van der Waals surface area contributed by atoms with Gasteiger partial charge in [-0.25, -0.2) is 4.98 Å². The second-order valence-electron chi connectivity index (χ2n) is 5.21. The molecule has 2 rings (SSSR count). The molecule has 112 valence electrons. The molecule has 21 heavy (non-hydrogen) atoms. The predicted octanol–water partition coefficient (Wildman–Crippen LogP) is 4.31. The van der Waals surface area contributed by atoms with E-state index in [2.05, 4.69) is 53.3 Å². The summed E-state index contributed by atoms with van der Waals surface area (Å²) in [5.41, 5.74) is 3.44. The van der Waals surface area contributed by atoms with E-state index in [-0.39, 0.29) is 0 Å². The fourth-order valence-corrected chi connectivity index (χ4v) is 2.33. The van der Waals surface area contributed by atoms with Gasteiger partial charge in [0.15, 0.2) is 0 Å². The van der Waals surface area contributed by atoms with Crippen LogP contribution in [0.5, 0.6) is 0 Å². The van der Waals surface area contributed by atoms with Crippen LogP contribution in [0.25, 0.3) is 0 Å². The first-order valence-electron chi connectivity index (χ1n) is 7.27. The van der Waals surface area contributed by atoms with Crippen LogP contribution >= 0.6 is 11.6 Å². The van der Waals surface area contributed by atoms with Crippen molar-refractivity contribution in [3.05, 3.63) is 52.7 Å². The number of aryl methyl sites for hydroxylation is 1. The van der Waals surface area contributed by atoms with Crippen LogP contribution in [-0.4, -0.2) is 18.6 Å². The zero-order valence-electron chi connectivity index (χ0n) is 12.9. The maximum Gasteiger partial charge on any atom is 0.133 e. The highest BCUT2D eigenvalue weighted by atomic mass is 35.5. The van der Waals surface area contributed by atoms with Crippen molar-refractivity contribution in [1.29, 1.82) is 0 Å². The van der Waals surface area contributed by atoms with E-state index < -0.39 is 0 Å². The third-order valence-corrected chi connectivity index (χ3v) is 3.74. The van der Waals surface area contributed by atoms with Gasteiger partial charge in [0.05, 0.1) is 5.02 Å². The zero-order valence-corrected chi connectivity index (χ0v) is 13.6. The summed E-state index contributed by atoms with van der Waals surface area (Å²) in [5.74, 6) is 0.901. The normalized spacial score (nSPS) is 10.7. The van der Waals surface area contributed by atoms with Gasteiger partial charge in [-0.05, 0) is 49.2 Å². The second kappa shape index (κ2) is 7.43. The number of benzene rings is 1. The van der Waals surface area contributed by atoms with Crippen LogP contribution < -0.4 is 10.2 Å². The molecule has 0 aliphatic carbocycles. The third-order valence-electron chi connectivity index (χ3n) is 3.40. The Bertz CT molecular complexity index is 598. The van der Waals surface area contributed by atoms with E-state index in [1.54, 1.807) is 6.20 Å². The molecule has 0 unspecified atom stereocenters. The number of hydrogen-bond acceptors (Lipinski definition) is 3. The lowest BCUT2D eigenvalue weighted by atomic mass is 10.2. The largest absolute Gasteiger partial charge is 0.329 e. The zero-order chi connectivity index (χ0) is 15.2. The third kappa shape index (κ3) is 4.19. The van der Waals surface area contributed by atoms with E-state index in [0.29, 0.717) is 5.02 Å². The SMILES string of the molecule is CCCNCc1cc(N(C)c2cccc(C)c2)ncc1Cl. The average molecular weight is 304 g/mol. The van der Waals surface area contributed by atoms with Crippen molar-refractivity contribution in [2.75, 3.05) is 18.5 Å². The van der Waals surface area contributed by atoms with Gasteiger partial charge in [-0.1, -0.05) is 30.7 Å². The van der Waals surface area contributed by atoms with Gasteiger partial charge in [-0.3, -0.25) is 0 Å². The highest BCUT2D eigenvalue weighted by Crippen LogP contribution is 2.25. The van der Waals surface area contributed by atoms with E-state index in [1.807, 2.05) is 13.1 Å². The molecule has 0 saturated carbocycles. The minimum Gasteiger partial charge on any atom is -0.329 e. The fourth-order valence-electron chi connectivity index (χ4n) is 2.16. The first kappa shape index (κ1) is 15.8. The molecule has 0 atom stereocenters. The van der Waals surface area contributed by atoms with Crippen LogP contribution in [0.2, 0.25) is 5.02 Å². The van der Waals surface area contributed by atoms with Crippen molar-refractivity contribution in [2.45, 2.75) is 26.8 Å². The highest BCUT2D eigenvalue weighted by Gasteiger charge is 2.09. The van der Waals surface area contributed by atoms with Crippen LogP contribution in [-0.2, 0) is 6.54 Å². The molecule has 1 aromatic carbocycles. The number of halogens is 1. The van der Waals surface area contributed by atoms with Crippen molar-refractivity contribution >= 4 is 23.1 Å². The monoisotopic (exact) mass is 303 g/mol. The highest BCUT2D eigenvalue weighted by molar-refractivity contribution is 6.31. The summed E-state index contributed by atoms with van der Waals surface area (Å²) in [6, 6.07) is 10.4. The number of anilines is 2. The summed E-state index contributed by atoms with van der Waals surface area (Å²) in [4.78, 5) is 6.52. The lowest BCUT2D eigenvalue weighted by Crippen LogP contribution is -2.16. The van der Waals surface area contributed by atoms with E-state index >= 15 is 0 Å². The average Bonchev–Trinajstić information content (AvgIpc) is 2.48. The van der Waals surface area contributed by atoms with E-state index in [9.17, 15) is 0 Å². The van der Waals surface area contributed by atoms with Gasteiger partial charge in [0.25, 0.3) is 0 Å². The predicted molar refractivity (Wildman–Crippen MR) is 90.5 cm³/mol. The van der Waals surface area contributed by atoms with Gasteiger partial charge in [0.1, 0.15) is 5.82 Å². The summed E-state index contributed by atoms with van der Waals surface area (Å²) >= 11 is 6.23. The van der Waals surface area contributed by atoms with Gasteiger partial charge < -0.3 is 10.2 Å². The molecular weight excluding hydrogens is 282 g/mol. The van der Waals surface area contributed by atoms with E-state index in [4.69, 9.17) is 11.6 Å². The molecule has 0 spiro atoms. The Morgan fingerprint density at radius 2 is 2.10 bits per heavy atom. The summed E-state index contributed by atoms with van der Waals surface area (Å²) in [6.45, 7) is 6.00. The number of nitrogens with one attached hydrogen (secondary N) is 1. The molecule has 1 N–H and O–H groups in total. The Balaban J connectivity index is 2.21. The summed E-state index contributed by atoms with van der Waals surface area (Å²) in [5, 5.41) is 4.08. The maximum absolute atomic E-state index is 6.23. The standard InChI is InChI=1S/C17H22ClN3/c1-4-8-19-11-14-10-17(20-12-16(14)18)21(3)15-7-5-6-13(2)9-15/h5-7,9-10,12,19H,4,8,11H2,1-3H3. The molecule has 1 heterocycles. The first-order valence-corrected chi connectivity index (χ1v) is 7.65. The van der Waals surface area contributed by atoms with Crippen molar-refractivity contribution in [1.82, 2.24) is 10.3 Å². The van der Waals surface area contributed by atoms with Gasteiger partial charge in [-0.2, -0.15) is 0 Å². The number of aromatic nitrogens is 1. The van der Waals surface area contributed by atoms with Crippen LogP contribution in [0, 0.1) is 6.92 Å². The number of pyridine rings is 1. The van der Waals surface area contributed by atoms with Crippen LogP contribution in [0.15, 0.2) is 36.5 Å². The Hall–Kier alpha value is -1.58. The Labute approximate surface area is 132 Å². The number of hydrogen-bond donors (Lipinski definition) is 1. The van der Waals surface area contributed by atoms with Gasteiger partial charge >= 0.3 is 0 Å². The van der Waals surface area contributed by atoms with Crippen LogP contribution in [0.3, 0.4) is 0 Å². The molecule has 4 heteroatoms. The van der Waals surface area contributed by atoms with Gasteiger partial charge in [-0.15, -0.1) is 0 Å². The Kier molecular flexibility index (Phi) is 5.59. The van der Waals surface area contributed by atoms with E-state index in [0.717, 1.165) is 36.6 Å². The summed E-state index contributed by atoms with van der Waals surface area (Å²) in [7, 11) is 2.02. The number of nitrogens with zero attached hydrogens (tertiary/aromatic N) is 2. The maximum atomic E-state index is 6.23. The minimum atomic E-state index is 0.708. The molecule has 2 aromatic rings. The lowest BCUT2D eigenvalue weighted by molar-refractivity contribution is 0.675. The minimum absolute atomic E-state index is 0.708. The molecule has 3 nitrogen and oxygen atoms in total. The molecule has 0 saturated heterocycles. The smallest absolute Gasteiger partial charge is 0.133 e. The van der Waals surface area contributed by atoms with Crippen LogP contribution in [0.1, 0.15) is 24.5 Å². The molecule has 0 amide bonds. The molecule has 1 aromatic heterocycles. The van der Waals surface area contributed by atoms with Crippen molar-refractivity contribution in [3.8, 4) is 0 Å². The quantitative estimate of drug-likeness (QED) is 0.806. The summed E-state index contributed by atoms with van der Waals surface area (Å²) in [6.07, 6.45) is 2.84. The Morgan fingerprint density at radius 3 is 2.81 bits per heavy atom. The van der Waals surface area contributed by atoms with Crippen molar-refractivity contribution < 1.29 is 0 Å². The first-order chi connectivity index (χ1) is 10.1. The topological polar surface area (TPSA) is 28.2 Å². The molecule has 0 bridgehead atoms. The lowest BCUT2D eigenvalue weighted by Gasteiger charge is -2.20. The Morgan fingerprint density at radius 1 is 1.29 bits per heavy atom.